The van der Waals surface area contributed by atoms with Crippen LogP contribution in [0.2, 0.25) is 0 Å². The normalized spacial score (nSPS) is 13.7. The topological polar surface area (TPSA) is 18.5 Å². The predicted molar refractivity (Wildman–Crippen MR) is 94.0 cm³/mol. The van der Waals surface area contributed by atoms with Gasteiger partial charge in [-0.25, -0.2) is 0 Å². The summed E-state index contributed by atoms with van der Waals surface area (Å²) in [5.41, 5.74) is 3.65. The first-order chi connectivity index (χ1) is 11.4. The molecule has 3 aromatic rings. The molecule has 0 spiro atoms. The molecule has 114 valence electrons. The third kappa shape index (κ3) is 3.23. The van der Waals surface area contributed by atoms with E-state index in [1.54, 1.807) is 0 Å². The molecule has 0 unspecified atom stereocenters. The molecule has 23 heavy (non-hydrogen) atoms. The number of fused-ring (bicyclic) bond motifs is 2. The van der Waals surface area contributed by atoms with E-state index in [2.05, 4.69) is 48.5 Å². The second-order valence-electron chi connectivity index (χ2n) is 5.55. The van der Waals surface area contributed by atoms with Crippen molar-refractivity contribution in [2.45, 2.75) is 12.6 Å². The summed E-state index contributed by atoms with van der Waals surface area (Å²) in [6.07, 6.45) is 1.61. The molecule has 0 saturated carbocycles. The summed E-state index contributed by atoms with van der Waals surface area (Å²) >= 11 is 0. The number of rotatable bonds is 2. The van der Waals surface area contributed by atoms with Gasteiger partial charge in [0.05, 0.1) is 6.16 Å². The Kier molecular flexibility index (Phi) is 4.00. The van der Waals surface area contributed by atoms with Crippen molar-refractivity contribution in [1.29, 1.82) is 0 Å². The molecule has 0 bridgehead atoms. The van der Waals surface area contributed by atoms with Crippen LogP contribution in [0.1, 0.15) is 16.7 Å². The maximum absolute atomic E-state index is 6.24. The minimum absolute atomic E-state index is 0.777. The third-order valence-corrected chi connectivity index (χ3v) is 5.30. The lowest BCUT2D eigenvalue weighted by Gasteiger charge is -2.24. The summed E-state index contributed by atoms with van der Waals surface area (Å²) in [6, 6.07) is 26.9. The van der Waals surface area contributed by atoms with E-state index in [0.29, 0.717) is 0 Å². The Morgan fingerprint density at radius 2 is 1.17 bits per heavy atom. The zero-order chi connectivity index (χ0) is 15.5. The van der Waals surface area contributed by atoms with Crippen LogP contribution in [-0.4, -0.2) is 0 Å². The summed E-state index contributed by atoms with van der Waals surface area (Å²) < 4.78 is 12.5. The van der Waals surface area contributed by atoms with Crippen LogP contribution in [0.15, 0.2) is 78.9 Å². The molecule has 0 atom stereocenters. The molecule has 0 amide bonds. The molecule has 4 rings (SSSR count). The van der Waals surface area contributed by atoms with E-state index in [-0.39, 0.29) is 0 Å². The number of para-hydroxylation sites is 2. The van der Waals surface area contributed by atoms with Gasteiger partial charge in [0.25, 0.3) is 8.38 Å². The summed E-state index contributed by atoms with van der Waals surface area (Å²) in [6.45, 7) is 0. The van der Waals surface area contributed by atoms with E-state index in [1.807, 2.05) is 30.3 Å². The molecule has 0 aliphatic carbocycles. The van der Waals surface area contributed by atoms with E-state index < -0.39 is 8.38 Å². The molecule has 3 heteroatoms. The van der Waals surface area contributed by atoms with Crippen LogP contribution in [0.5, 0.6) is 11.5 Å². The van der Waals surface area contributed by atoms with Crippen molar-refractivity contribution in [3.63, 3.8) is 0 Å². The van der Waals surface area contributed by atoms with Crippen molar-refractivity contribution in [1.82, 2.24) is 0 Å². The van der Waals surface area contributed by atoms with Gasteiger partial charge in [0, 0.05) is 6.42 Å². The lowest BCUT2D eigenvalue weighted by Crippen LogP contribution is -2.06. The summed E-state index contributed by atoms with van der Waals surface area (Å²) in [4.78, 5) is 0. The Bertz CT molecular complexity index is 754. The molecule has 1 aliphatic heterocycles. The monoisotopic (exact) mass is 320 g/mol. The molecular formula is C20H17O2P. The van der Waals surface area contributed by atoms with Crippen molar-refractivity contribution in [3.8, 4) is 11.5 Å². The zero-order valence-electron chi connectivity index (χ0n) is 12.7. The smallest absolute Gasteiger partial charge is 0.295 e. The average molecular weight is 320 g/mol. The highest BCUT2D eigenvalue weighted by Gasteiger charge is 2.22. The Balaban J connectivity index is 1.71. The predicted octanol–water partition coefficient (Wildman–Crippen LogP) is 5.56. The van der Waals surface area contributed by atoms with Gasteiger partial charge >= 0.3 is 0 Å². The van der Waals surface area contributed by atoms with Crippen molar-refractivity contribution >= 4 is 8.38 Å². The summed E-state index contributed by atoms with van der Waals surface area (Å²) in [5, 5.41) is 0. The quantitative estimate of drug-likeness (QED) is 0.575. The Hall–Kier alpha value is -2.31. The molecule has 0 aromatic heterocycles. The average Bonchev–Trinajstić information content (AvgIpc) is 2.57. The van der Waals surface area contributed by atoms with Gasteiger partial charge in [-0.05, 0) is 28.8 Å². The van der Waals surface area contributed by atoms with Gasteiger partial charge in [0.15, 0.2) is 0 Å². The maximum atomic E-state index is 6.24. The fourth-order valence-corrected chi connectivity index (χ4v) is 4.19. The third-order valence-electron chi connectivity index (χ3n) is 3.88. The first-order valence-electron chi connectivity index (χ1n) is 7.72. The van der Waals surface area contributed by atoms with E-state index in [0.717, 1.165) is 24.1 Å². The molecule has 0 fully saturated rings. The van der Waals surface area contributed by atoms with E-state index in [9.17, 15) is 0 Å². The van der Waals surface area contributed by atoms with Crippen LogP contribution in [0.3, 0.4) is 0 Å². The van der Waals surface area contributed by atoms with Gasteiger partial charge in [-0.15, -0.1) is 0 Å². The fraction of sp³-hybridized carbons (Fsp3) is 0.100. The Labute approximate surface area is 137 Å². The van der Waals surface area contributed by atoms with Gasteiger partial charge in [0.2, 0.25) is 0 Å². The lowest BCUT2D eigenvalue weighted by molar-refractivity contribution is 0.476. The van der Waals surface area contributed by atoms with E-state index in [4.69, 9.17) is 9.05 Å². The van der Waals surface area contributed by atoms with Crippen molar-refractivity contribution in [3.05, 3.63) is 95.6 Å². The molecule has 1 heterocycles. The molecule has 0 saturated heterocycles. The van der Waals surface area contributed by atoms with Gasteiger partial charge in [-0.2, -0.15) is 0 Å². The molecular weight excluding hydrogens is 303 g/mol. The minimum Gasteiger partial charge on any atom is -0.438 e. The van der Waals surface area contributed by atoms with Crippen molar-refractivity contribution < 1.29 is 9.05 Å². The van der Waals surface area contributed by atoms with E-state index >= 15 is 0 Å². The highest BCUT2D eigenvalue weighted by molar-refractivity contribution is 7.47. The van der Waals surface area contributed by atoms with Gasteiger partial charge in [0.1, 0.15) is 11.5 Å². The molecule has 2 nitrogen and oxygen atoms in total. The first kappa shape index (κ1) is 14.3. The van der Waals surface area contributed by atoms with Crippen molar-refractivity contribution in [2.24, 2.45) is 0 Å². The van der Waals surface area contributed by atoms with Crippen LogP contribution in [0.4, 0.5) is 0 Å². The zero-order valence-corrected chi connectivity index (χ0v) is 13.6. The number of hydrogen-bond acceptors (Lipinski definition) is 2. The van der Waals surface area contributed by atoms with Gasteiger partial charge in [-0.1, -0.05) is 66.7 Å². The highest BCUT2D eigenvalue weighted by Crippen LogP contribution is 2.47. The minimum atomic E-state index is -1.06. The van der Waals surface area contributed by atoms with E-state index in [1.165, 1.54) is 16.7 Å². The van der Waals surface area contributed by atoms with Crippen LogP contribution < -0.4 is 9.05 Å². The number of benzene rings is 3. The van der Waals surface area contributed by atoms with Crippen molar-refractivity contribution in [2.75, 3.05) is 0 Å². The van der Waals surface area contributed by atoms with Gasteiger partial charge < -0.3 is 9.05 Å². The Morgan fingerprint density at radius 3 is 1.78 bits per heavy atom. The lowest BCUT2D eigenvalue weighted by atomic mass is 10.0. The second-order valence-corrected chi connectivity index (χ2v) is 6.90. The number of hydrogen-bond donors (Lipinski definition) is 0. The first-order valence-corrected chi connectivity index (χ1v) is 9.08. The molecule has 0 N–H and O–H groups in total. The Morgan fingerprint density at radius 1 is 0.652 bits per heavy atom. The SMILES string of the molecule is c1ccc(CP2Oc3ccccc3Cc3ccccc3O2)cc1. The largest absolute Gasteiger partial charge is 0.438 e. The summed E-state index contributed by atoms with van der Waals surface area (Å²) in [7, 11) is -1.06. The molecule has 3 aromatic carbocycles. The molecule has 0 radical (unpaired) electrons. The van der Waals surface area contributed by atoms with Crippen LogP contribution in [0, 0.1) is 0 Å². The van der Waals surface area contributed by atoms with Crippen LogP contribution in [-0.2, 0) is 12.6 Å². The standard InChI is InChI=1S/C20H17O2P/c1-2-8-16(9-3-1)15-23-21-19-12-6-4-10-17(19)14-18-11-5-7-13-20(18)22-23/h1-13H,14-15H2. The van der Waals surface area contributed by atoms with Gasteiger partial charge in [-0.3, -0.25) is 0 Å². The maximum Gasteiger partial charge on any atom is 0.295 e. The van der Waals surface area contributed by atoms with Crippen LogP contribution >= 0.6 is 8.38 Å². The van der Waals surface area contributed by atoms with Crippen LogP contribution in [0.25, 0.3) is 0 Å². The molecule has 1 aliphatic rings. The highest BCUT2D eigenvalue weighted by atomic mass is 31.2. The second kappa shape index (κ2) is 6.44. The summed E-state index contributed by atoms with van der Waals surface area (Å²) in [5.74, 6) is 1.87. The fourth-order valence-electron chi connectivity index (χ4n) is 2.72.